The van der Waals surface area contributed by atoms with Crippen molar-refractivity contribution in [2.45, 2.75) is 154 Å². The Morgan fingerprint density at radius 1 is 0.643 bits per heavy atom. The fourth-order valence-electron chi connectivity index (χ4n) is 3.80. The summed E-state index contributed by atoms with van der Waals surface area (Å²) in [7, 11) is 0. The molecule has 3 heteroatoms. The Hall–Kier alpha value is -0.0500. The minimum atomic E-state index is 0.267. The fraction of sp³-hybridized carbons (Fsp3) is 0.960. The molecular weight excluding hydrogens is 410 g/mol. The molecule has 0 spiro atoms. The maximum Gasteiger partial charge on any atom is 0.220 e. The third kappa shape index (κ3) is 18.0. The van der Waals surface area contributed by atoms with Crippen LogP contribution in [0.25, 0.3) is 0 Å². The van der Waals surface area contributed by atoms with Gasteiger partial charge in [-0.1, -0.05) is 133 Å². The van der Waals surface area contributed by atoms with E-state index in [1.54, 1.807) is 0 Å². The molecule has 28 heavy (non-hydrogen) atoms. The van der Waals surface area contributed by atoms with Gasteiger partial charge in [-0.3, -0.25) is 4.79 Å². The molecule has 2 unspecified atom stereocenters. The Labute approximate surface area is 185 Å². The van der Waals surface area contributed by atoms with Gasteiger partial charge in [0.05, 0.1) is 0 Å². The predicted molar refractivity (Wildman–Crippen MR) is 129 cm³/mol. The quantitative estimate of drug-likeness (QED) is 0.135. The van der Waals surface area contributed by atoms with Crippen LogP contribution in [0, 0.1) is 0 Å². The van der Waals surface area contributed by atoms with Gasteiger partial charge in [0.15, 0.2) is 0 Å². The SMILES string of the molecule is CCCCCCCCC(NC(=O)CCCCCCC)C(Br)CCCCCCC. The highest BCUT2D eigenvalue weighted by Crippen LogP contribution is 2.21. The number of hydrogen-bond acceptors (Lipinski definition) is 1. The first-order chi connectivity index (χ1) is 13.7. The van der Waals surface area contributed by atoms with Crippen LogP contribution >= 0.6 is 15.9 Å². The van der Waals surface area contributed by atoms with Gasteiger partial charge in [0, 0.05) is 17.3 Å². The molecule has 0 radical (unpaired) electrons. The first kappa shape index (κ1) is 27.9. The largest absolute Gasteiger partial charge is 0.352 e. The van der Waals surface area contributed by atoms with E-state index in [4.69, 9.17) is 0 Å². The van der Waals surface area contributed by atoms with Crippen LogP contribution in [0.15, 0.2) is 0 Å². The molecule has 1 N–H and O–H groups in total. The van der Waals surface area contributed by atoms with Crippen molar-refractivity contribution in [1.82, 2.24) is 5.32 Å². The summed E-state index contributed by atoms with van der Waals surface area (Å²) < 4.78 is 0. The van der Waals surface area contributed by atoms with Crippen molar-refractivity contribution in [3.63, 3.8) is 0 Å². The maximum atomic E-state index is 12.4. The Morgan fingerprint density at radius 3 is 1.61 bits per heavy atom. The minimum Gasteiger partial charge on any atom is -0.352 e. The zero-order chi connectivity index (χ0) is 20.9. The summed E-state index contributed by atoms with van der Waals surface area (Å²) in [6.45, 7) is 6.77. The molecule has 0 heterocycles. The van der Waals surface area contributed by atoms with Crippen LogP contribution in [0.5, 0.6) is 0 Å². The molecule has 0 fully saturated rings. The normalized spacial score (nSPS) is 13.4. The predicted octanol–water partition coefficient (Wildman–Crippen LogP) is 8.71. The highest BCUT2D eigenvalue weighted by Gasteiger charge is 2.20. The molecule has 168 valence electrons. The molecule has 0 saturated carbocycles. The van der Waals surface area contributed by atoms with Crippen LogP contribution in [-0.2, 0) is 4.79 Å². The number of nitrogens with one attached hydrogen (secondary N) is 1. The van der Waals surface area contributed by atoms with Crippen LogP contribution in [-0.4, -0.2) is 16.8 Å². The van der Waals surface area contributed by atoms with E-state index in [9.17, 15) is 4.79 Å². The third-order valence-electron chi connectivity index (χ3n) is 5.74. The second kappa shape index (κ2) is 21.7. The van der Waals surface area contributed by atoms with E-state index in [-0.39, 0.29) is 5.91 Å². The molecule has 2 atom stereocenters. The highest BCUT2D eigenvalue weighted by molar-refractivity contribution is 9.09. The van der Waals surface area contributed by atoms with E-state index < -0.39 is 0 Å². The number of alkyl halides is 1. The summed E-state index contributed by atoms with van der Waals surface area (Å²) in [5.74, 6) is 0.267. The summed E-state index contributed by atoms with van der Waals surface area (Å²) in [6.07, 6.45) is 23.6. The van der Waals surface area contributed by atoms with Crippen LogP contribution in [0.1, 0.15) is 143 Å². The van der Waals surface area contributed by atoms with Crippen LogP contribution < -0.4 is 5.32 Å². The first-order valence-electron chi connectivity index (χ1n) is 12.6. The van der Waals surface area contributed by atoms with Crippen molar-refractivity contribution in [2.24, 2.45) is 0 Å². The lowest BCUT2D eigenvalue weighted by Gasteiger charge is -2.24. The molecule has 0 aliphatic carbocycles. The number of unbranched alkanes of at least 4 members (excludes halogenated alkanes) is 13. The molecule has 0 bridgehead atoms. The van der Waals surface area contributed by atoms with Gasteiger partial charge in [-0.2, -0.15) is 0 Å². The van der Waals surface area contributed by atoms with Crippen molar-refractivity contribution in [1.29, 1.82) is 0 Å². The molecule has 0 aliphatic rings. The van der Waals surface area contributed by atoms with Gasteiger partial charge in [0.25, 0.3) is 0 Å². The first-order valence-corrected chi connectivity index (χ1v) is 13.5. The van der Waals surface area contributed by atoms with Gasteiger partial charge < -0.3 is 5.32 Å². The maximum absolute atomic E-state index is 12.4. The number of carbonyl (C=O) groups is 1. The third-order valence-corrected chi connectivity index (χ3v) is 6.84. The lowest BCUT2D eigenvalue weighted by Crippen LogP contribution is -2.40. The van der Waals surface area contributed by atoms with Crippen LogP contribution in [0.2, 0.25) is 0 Å². The monoisotopic (exact) mass is 459 g/mol. The van der Waals surface area contributed by atoms with E-state index in [2.05, 4.69) is 42.0 Å². The molecule has 2 nitrogen and oxygen atoms in total. The van der Waals surface area contributed by atoms with E-state index >= 15 is 0 Å². The Morgan fingerprint density at radius 2 is 1.07 bits per heavy atom. The number of carbonyl (C=O) groups excluding carboxylic acids is 1. The summed E-state index contributed by atoms with van der Waals surface area (Å²) in [5.41, 5.74) is 0. The van der Waals surface area contributed by atoms with E-state index in [1.165, 1.54) is 103 Å². The Kier molecular flexibility index (Phi) is 21.6. The number of hydrogen-bond donors (Lipinski definition) is 1. The van der Waals surface area contributed by atoms with Crippen molar-refractivity contribution in [2.75, 3.05) is 0 Å². The van der Waals surface area contributed by atoms with E-state index in [0.29, 0.717) is 17.3 Å². The second-order valence-electron chi connectivity index (χ2n) is 8.61. The fourth-order valence-corrected chi connectivity index (χ4v) is 4.52. The van der Waals surface area contributed by atoms with Gasteiger partial charge in [0.1, 0.15) is 0 Å². The van der Waals surface area contributed by atoms with Gasteiger partial charge in [-0.15, -0.1) is 0 Å². The molecule has 0 rings (SSSR count). The molecule has 0 aromatic carbocycles. The average molecular weight is 461 g/mol. The highest BCUT2D eigenvalue weighted by atomic mass is 79.9. The van der Waals surface area contributed by atoms with Crippen molar-refractivity contribution in [3.05, 3.63) is 0 Å². The van der Waals surface area contributed by atoms with E-state index in [0.717, 1.165) is 12.8 Å². The topological polar surface area (TPSA) is 29.1 Å². The second-order valence-corrected chi connectivity index (χ2v) is 9.79. The van der Waals surface area contributed by atoms with Gasteiger partial charge in [-0.05, 0) is 19.3 Å². The Bertz CT molecular complexity index is 335. The van der Waals surface area contributed by atoms with Crippen LogP contribution in [0.4, 0.5) is 0 Å². The molecule has 1 amide bonds. The van der Waals surface area contributed by atoms with Gasteiger partial charge >= 0.3 is 0 Å². The Balaban J connectivity index is 4.22. The number of amides is 1. The standard InChI is InChI=1S/C25H50BrNO/c1-4-7-10-13-16-18-21-24(23(26)20-17-14-11-8-5-2)27-25(28)22-19-15-12-9-6-3/h23-24H,4-22H2,1-3H3,(H,27,28). The van der Waals surface area contributed by atoms with Crippen molar-refractivity contribution >= 4 is 21.8 Å². The average Bonchev–Trinajstić information content (AvgIpc) is 2.69. The molecule has 0 aliphatic heterocycles. The van der Waals surface area contributed by atoms with Crippen molar-refractivity contribution < 1.29 is 4.79 Å². The summed E-state index contributed by atoms with van der Waals surface area (Å²) in [5, 5.41) is 3.38. The molecular formula is C25H50BrNO. The van der Waals surface area contributed by atoms with Crippen LogP contribution in [0.3, 0.4) is 0 Å². The molecule has 0 aromatic rings. The zero-order valence-corrected chi connectivity index (χ0v) is 21.0. The summed E-state index contributed by atoms with van der Waals surface area (Å²) in [6, 6.07) is 0.306. The zero-order valence-electron chi connectivity index (χ0n) is 19.4. The lowest BCUT2D eigenvalue weighted by molar-refractivity contribution is -0.122. The summed E-state index contributed by atoms with van der Waals surface area (Å²) in [4.78, 5) is 12.9. The van der Waals surface area contributed by atoms with Crippen molar-refractivity contribution in [3.8, 4) is 0 Å². The number of rotatable bonds is 21. The molecule has 0 saturated heterocycles. The van der Waals surface area contributed by atoms with Gasteiger partial charge in [0.2, 0.25) is 5.91 Å². The summed E-state index contributed by atoms with van der Waals surface area (Å²) >= 11 is 3.92. The van der Waals surface area contributed by atoms with E-state index in [1.807, 2.05) is 0 Å². The minimum absolute atomic E-state index is 0.267. The van der Waals surface area contributed by atoms with Gasteiger partial charge in [-0.25, -0.2) is 0 Å². The smallest absolute Gasteiger partial charge is 0.220 e. The number of halogens is 1. The lowest BCUT2D eigenvalue weighted by atomic mass is 9.99. The molecule has 0 aromatic heterocycles.